The number of hydrogen-bond donors (Lipinski definition) is 0. The van der Waals surface area contributed by atoms with Crippen molar-refractivity contribution in [1.82, 2.24) is 0 Å². The van der Waals surface area contributed by atoms with Crippen LogP contribution in [0.1, 0.15) is 0 Å². The van der Waals surface area contributed by atoms with Gasteiger partial charge in [0.25, 0.3) is 0 Å². The topological polar surface area (TPSA) is 13.0 Å². The van der Waals surface area contributed by atoms with E-state index in [1.165, 1.54) is 130 Å². The summed E-state index contributed by atoms with van der Waals surface area (Å²) in [5, 5.41) is 14.9. The first kappa shape index (κ1) is 90.9. The first-order valence-electron chi connectivity index (χ1n) is 44.9. The molecule has 0 unspecified atom stereocenters. The summed E-state index contributed by atoms with van der Waals surface area (Å²) < 4.78 is 187. The third-order valence-corrected chi connectivity index (χ3v) is 34.1. The predicted molar refractivity (Wildman–Crippen MR) is 552 cm³/mol. The van der Waals surface area contributed by atoms with E-state index in [1.54, 1.807) is 31.7 Å². The summed E-state index contributed by atoms with van der Waals surface area (Å²) >= 11 is 0. The summed E-state index contributed by atoms with van der Waals surface area (Å²) in [6, 6.07) is 95.2. The number of rotatable bonds is 20. The second-order valence-corrected chi connectivity index (χ2v) is 59.2. The smallest absolute Gasteiger partial charge is 0.150 e. The van der Waals surface area contributed by atoms with Crippen molar-refractivity contribution in [2.45, 2.75) is 78.6 Å². The van der Waals surface area contributed by atoms with Crippen molar-refractivity contribution in [3.63, 3.8) is 0 Å². The zero-order valence-electron chi connectivity index (χ0n) is 76.7. The molecule has 0 saturated heterocycles. The van der Waals surface area contributed by atoms with E-state index in [2.05, 4.69) is 127 Å². The summed E-state index contributed by atoms with van der Waals surface area (Å²) in [5.74, 6) is -8.43. The molecule has 0 amide bonds. The molecule has 20 rings (SSSR count). The van der Waals surface area contributed by atoms with Gasteiger partial charge in [0.05, 0.1) is 77.8 Å². The van der Waals surface area contributed by atoms with Crippen LogP contribution in [0.4, 0.5) is 121 Å². The predicted octanol–water partition coefficient (Wildman–Crippen LogP) is 33.6. The van der Waals surface area contributed by atoms with E-state index in [0.29, 0.717) is 56.6 Å². The number of nitrogens with zero attached hydrogens (tertiary/aromatic N) is 4. The Hall–Kier alpha value is -14.3. The second-order valence-electron chi connectivity index (χ2n) is 38.9. The van der Waals surface area contributed by atoms with Gasteiger partial charge in [-0.25, -0.2) is 52.7 Å². The summed E-state index contributed by atoms with van der Waals surface area (Å²) in [6.45, 7) is 27.0. The largest absolute Gasteiger partial charge is 0.307 e. The van der Waals surface area contributed by atoms with Crippen LogP contribution in [-0.4, -0.2) is 32.3 Å². The zero-order chi connectivity index (χ0) is 95.6. The van der Waals surface area contributed by atoms with Crippen LogP contribution in [0.2, 0.25) is 78.6 Å². The number of anilines is 12. The Morgan fingerprint density at radius 3 is 0.596 bits per heavy atom. The minimum absolute atomic E-state index is 0.0403. The minimum Gasteiger partial charge on any atom is -0.307 e. The van der Waals surface area contributed by atoms with E-state index in [9.17, 15) is 17.6 Å². The first-order chi connectivity index (χ1) is 64.9. The van der Waals surface area contributed by atoms with Crippen LogP contribution in [0.15, 0.2) is 340 Å². The van der Waals surface area contributed by atoms with Crippen molar-refractivity contribution in [1.29, 1.82) is 0 Å². The quantitative estimate of drug-likeness (QED) is 0.0428. The van der Waals surface area contributed by atoms with Crippen LogP contribution in [0.5, 0.6) is 0 Å². The highest BCUT2D eigenvalue weighted by molar-refractivity contribution is 6.90. The molecular formula is C116H92F12N4Si4. The number of hydrogen-bond acceptors (Lipinski definition) is 4. The molecule has 0 aliphatic heterocycles. The maximum atomic E-state index is 16.7. The Morgan fingerprint density at radius 1 is 0.169 bits per heavy atom. The van der Waals surface area contributed by atoms with E-state index in [-0.39, 0.29) is 56.1 Å². The molecule has 0 aliphatic rings. The van der Waals surface area contributed by atoms with Gasteiger partial charge in [-0.1, -0.05) is 269 Å². The third kappa shape index (κ3) is 17.1. The highest BCUT2D eigenvalue weighted by atomic mass is 28.3. The molecule has 20 aromatic rings. The fourth-order valence-corrected chi connectivity index (χ4v) is 23.4. The molecule has 20 aromatic carbocycles. The molecule has 0 fully saturated rings. The maximum absolute atomic E-state index is 16.7. The van der Waals surface area contributed by atoms with Crippen LogP contribution in [0, 0.1) is 69.8 Å². The van der Waals surface area contributed by atoms with Crippen molar-refractivity contribution >= 4 is 186 Å². The van der Waals surface area contributed by atoms with Crippen LogP contribution in [0.3, 0.4) is 0 Å². The third-order valence-electron chi connectivity index (χ3n) is 25.9. The van der Waals surface area contributed by atoms with Gasteiger partial charge in [-0.05, 0) is 211 Å². The molecule has 0 atom stereocenters. The molecule has 0 saturated carbocycles. The molecule has 136 heavy (non-hydrogen) atoms. The van der Waals surface area contributed by atoms with Gasteiger partial charge in [0.15, 0.2) is 0 Å². The van der Waals surface area contributed by atoms with Crippen molar-refractivity contribution in [2.75, 3.05) is 19.6 Å². The lowest BCUT2D eigenvalue weighted by Gasteiger charge is -2.30. The summed E-state index contributed by atoms with van der Waals surface area (Å²) in [5.41, 5.74) is 6.97. The lowest BCUT2D eigenvalue weighted by Crippen LogP contribution is -2.37. The Labute approximate surface area is 785 Å². The summed E-state index contributed by atoms with van der Waals surface area (Å²) in [4.78, 5) is 7.18. The normalized spacial score (nSPS) is 12.1. The van der Waals surface area contributed by atoms with Crippen LogP contribution >= 0.6 is 0 Å². The lowest BCUT2D eigenvalue weighted by molar-refractivity contribution is 0.585. The molecule has 0 aromatic heterocycles. The van der Waals surface area contributed by atoms with Gasteiger partial charge in [-0.2, -0.15) is 0 Å². The molecule has 20 heteroatoms. The van der Waals surface area contributed by atoms with Crippen LogP contribution in [-0.2, 0) is 0 Å². The highest BCUT2D eigenvalue weighted by Crippen LogP contribution is 2.53. The summed E-state index contributed by atoms with van der Waals surface area (Å²) in [7, 11) is -7.01. The minimum atomic E-state index is -1.76. The average molecular weight is 1880 g/mol. The van der Waals surface area contributed by atoms with E-state index >= 15 is 35.1 Å². The molecule has 0 N–H and O–H groups in total. The van der Waals surface area contributed by atoms with E-state index in [0.717, 1.165) is 88.9 Å². The fourth-order valence-electron chi connectivity index (χ4n) is 18.7. The molecule has 0 bridgehead atoms. The van der Waals surface area contributed by atoms with E-state index in [4.69, 9.17) is 0 Å². The van der Waals surface area contributed by atoms with Crippen LogP contribution in [0.25, 0.3) is 109 Å². The van der Waals surface area contributed by atoms with Crippen LogP contribution < -0.4 is 40.3 Å². The van der Waals surface area contributed by atoms with Gasteiger partial charge in [-0.15, -0.1) is 0 Å². The molecule has 0 spiro atoms. The first-order valence-corrected chi connectivity index (χ1v) is 58.9. The Balaban J connectivity index is 0.000000174. The van der Waals surface area contributed by atoms with E-state index in [1.807, 2.05) is 146 Å². The fraction of sp³-hybridized carbons (Fsp3) is 0.103. The maximum Gasteiger partial charge on any atom is 0.150 e. The Kier molecular flexibility index (Phi) is 23.5. The van der Waals surface area contributed by atoms with Gasteiger partial charge < -0.3 is 19.6 Å². The molecule has 0 aliphatic carbocycles. The number of benzene rings is 20. The van der Waals surface area contributed by atoms with Crippen molar-refractivity contribution in [3.05, 3.63) is 410 Å². The van der Waals surface area contributed by atoms with Gasteiger partial charge in [0, 0.05) is 90.8 Å². The van der Waals surface area contributed by atoms with Crippen molar-refractivity contribution in [2.24, 2.45) is 0 Å². The lowest BCUT2D eigenvalue weighted by atomic mass is 9.91. The van der Waals surface area contributed by atoms with Gasteiger partial charge in [-0.3, -0.25) is 0 Å². The van der Waals surface area contributed by atoms with Gasteiger partial charge >= 0.3 is 0 Å². The molecular weight excluding hydrogens is 1790 g/mol. The Bertz CT molecular complexity index is 7560. The SMILES string of the molecule is C[Si](C)(C)c1ccc(N(c2cc(-c3ccc(F)cc3)c(F)cc2F)c2ccc3ccc4c(N(c5ccc([Si](C)(C)C)cc5)c5cc(-c6ccc(F)cc6)c(F)cc5F)ccc5ccc2c3c54)cc1.C[Si](C)(C)c1ccc(N(c2cc(-c3cccc(F)c3)c(F)cc2F)c2ccc3ccc4c(N(c5ccc([Si](C)(C)C)cc5)c5cc(-c6cccc(F)c6)c(F)cc5F)ccc5ccc2c3c54)cc1. The van der Waals surface area contributed by atoms with Crippen molar-refractivity contribution < 1.29 is 52.7 Å². The summed E-state index contributed by atoms with van der Waals surface area (Å²) in [6.07, 6.45) is 0. The van der Waals surface area contributed by atoms with E-state index < -0.39 is 102 Å². The molecule has 0 heterocycles. The second kappa shape index (κ2) is 35.2. The van der Waals surface area contributed by atoms with Crippen molar-refractivity contribution in [3.8, 4) is 44.5 Å². The molecule has 0 radical (unpaired) electrons. The monoisotopic (exact) mass is 1880 g/mol. The van der Waals surface area contributed by atoms with Gasteiger partial charge in [0.2, 0.25) is 0 Å². The molecule has 4 nitrogen and oxygen atoms in total. The standard InChI is InChI=1S/2C58H46F6N2Si2/c1-67(2,3)43-23-19-41(20-24-43)65(55-31-47(49(61)33-51(55)63)35-7-15-39(59)16-8-35)53-29-13-37-12-28-46-54(30-14-38-11-27-45(53)57(37)58(38)46)66(42-21-25-44(26-22-42)68(4,5)6)56-32-48(50(62)34-52(56)64)36-9-17-40(60)18-10-36;1-67(2,3)43-21-17-41(18-22-43)65(55-31-47(49(61)33-51(55)63)37-9-7-11-39(59)29-37)53-27-15-35-14-26-46-54(28-16-36-13-25-45(53)57(35)58(36)46)66(42-19-23-44(24-20-42)68(4,5)6)56-32-48(50(62)34-52(56)64)38-10-8-12-40(60)30-38/h2*7-34H,1-6H3. The highest BCUT2D eigenvalue weighted by Gasteiger charge is 2.33. The average Bonchev–Trinajstić information content (AvgIpc) is 0.718. The Morgan fingerprint density at radius 2 is 0.382 bits per heavy atom. The molecule has 676 valence electrons. The van der Waals surface area contributed by atoms with Gasteiger partial charge in [0.1, 0.15) is 69.8 Å². The number of halogens is 12. The zero-order valence-corrected chi connectivity index (χ0v) is 80.7.